The summed E-state index contributed by atoms with van der Waals surface area (Å²) in [6.45, 7) is 4.61. The molecular formula is C18H28NiO3S. The number of benzene rings is 1. The maximum atomic E-state index is 12.3. The van der Waals surface area contributed by atoms with Gasteiger partial charge in [-0.3, -0.25) is 4.21 Å². The molecule has 0 saturated heterocycles. The molecule has 0 radical (unpaired) electrons. The minimum Gasteiger partial charge on any atom is -0.454 e. The van der Waals surface area contributed by atoms with Gasteiger partial charge >= 0.3 is 0 Å². The van der Waals surface area contributed by atoms with E-state index in [1.165, 1.54) is 37.7 Å². The summed E-state index contributed by atoms with van der Waals surface area (Å²) in [6, 6.07) is 6.01. The molecule has 0 fully saturated rings. The summed E-state index contributed by atoms with van der Waals surface area (Å²) in [4.78, 5) is 0. The van der Waals surface area contributed by atoms with E-state index in [9.17, 15) is 4.21 Å². The number of ether oxygens (including phenoxy) is 2. The summed E-state index contributed by atoms with van der Waals surface area (Å²) >= 11 is 0. The Morgan fingerprint density at radius 1 is 1.09 bits per heavy atom. The smallest absolute Gasteiger partial charge is 0.231 e. The van der Waals surface area contributed by atoms with Gasteiger partial charge in [0.2, 0.25) is 6.79 Å². The zero-order chi connectivity index (χ0) is 15.8. The third kappa shape index (κ3) is 6.85. The van der Waals surface area contributed by atoms with E-state index in [0.717, 1.165) is 30.1 Å². The first-order valence-electron chi connectivity index (χ1n) is 8.46. The van der Waals surface area contributed by atoms with Crippen molar-refractivity contribution in [3.05, 3.63) is 23.8 Å². The molecule has 2 atom stereocenters. The Bertz CT molecular complexity index is 493. The Morgan fingerprint density at radius 2 is 1.78 bits per heavy atom. The number of fused-ring (bicyclic) bond motifs is 1. The largest absolute Gasteiger partial charge is 0.454 e. The molecule has 1 aliphatic rings. The van der Waals surface area contributed by atoms with Gasteiger partial charge in [0.1, 0.15) is 0 Å². The van der Waals surface area contributed by atoms with Gasteiger partial charge in [-0.1, -0.05) is 52.0 Å². The van der Waals surface area contributed by atoms with Crippen LogP contribution in [0.25, 0.3) is 0 Å². The van der Waals surface area contributed by atoms with Crippen LogP contribution in [0.15, 0.2) is 18.2 Å². The minimum absolute atomic E-state index is 0. The molecule has 134 valence electrons. The predicted molar refractivity (Wildman–Crippen MR) is 92.1 cm³/mol. The number of hydrogen-bond acceptors (Lipinski definition) is 3. The van der Waals surface area contributed by atoms with Crippen molar-refractivity contribution in [3.8, 4) is 11.5 Å². The van der Waals surface area contributed by atoms with E-state index in [1.54, 1.807) is 0 Å². The molecule has 0 amide bonds. The van der Waals surface area contributed by atoms with Gasteiger partial charge in [0.05, 0.1) is 0 Å². The average Bonchev–Trinajstić information content (AvgIpc) is 2.98. The Morgan fingerprint density at radius 3 is 2.57 bits per heavy atom. The van der Waals surface area contributed by atoms with Gasteiger partial charge in [-0.25, -0.2) is 0 Å². The summed E-state index contributed by atoms with van der Waals surface area (Å²) in [6.07, 6.45) is 8.32. The third-order valence-electron chi connectivity index (χ3n) is 4.11. The van der Waals surface area contributed by atoms with E-state index in [-0.39, 0.29) is 21.7 Å². The molecule has 2 rings (SSSR count). The van der Waals surface area contributed by atoms with Gasteiger partial charge in [0.15, 0.2) is 11.5 Å². The van der Waals surface area contributed by atoms with Crippen LogP contribution < -0.4 is 9.47 Å². The number of rotatable bonds is 10. The van der Waals surface area contributed by atoms with E-state index in [4.69, 9.17) is 9.47 Å². The molecule has 2 unspecified atom stereocenters. The standard InChI is InChI=1S/C18H28O3S.Ni/c1-3-4-5-6-7-8-11-22(19)15(2)12-16-9-10-17-18(13-16)21-14-20-17;/h9-10,13,15H,3-8,11-12,14H2,1-2H3;. The van der Waals surface area contributed by atoms with Crippen LogP contribution >= 0.6 is 0 Å². The summed E-state index contributed by atoms with van der Waals surface area (Å²) in [7, 11) is -0.743. The van der Waals surface area contributed by atoms with Crippen molar-refractivity contribution in [1.29, 1.82) is 0 Å². The van der Waals surface area contributed by atoms with Crippen LogP contribution in [-0.4, -0.2) is 22.0 Å². The van der Waals surface area contributed by atoms with E-state index in [0.29, 0.717) is 6.79 Å². The zero-order valence-corrected chi connectivity index (χ0v) is 15.9. The summed E-state index contributed by atoms with van der Waals surface area (Å²) < 4.78 is 23.0. The fourth-order valence-electron chi connectivity index (χ4n) is 2.72. The van der Waals surface area contributed by atoms with E-state index in [2.05, 4.69) is 13.8 Å². The van der Waals surface area contributed by atoms with Crippen LogP contribution in [0.4, 0.5) is 0 Å². The van der Waals surface area contributed by atoms with Crippen molar-refractivity contribution >= 4 is 10.8 Å². The molecule has 0 aromatic heterocycles. The second-order valence-corrected chi connectivity index (χ2v) is 8.03. The molecule has 1 heterocycles. The Hall–Kier alpha value is -0.536. The fourth-order valence-corrected chi connectivity index (χ4v) is 3.99. The second kappa shape index (κ2) is 11.1. The van der Waals surface area contributed by atoms with Crippen molar-refractivity contribution in [2.24, 2.45) is 0 Å². The molecule has 3 nitrogen and oxygen atoms in total. The molecule has 0 aliphatic carbocycles. The Kier molecular flexibility index (Phi) is 9.89. The SMILES string of the molecule is CCCCCCCCS(=O)C(C)Cc1ccc2c(c1)OCO2.[Ni]. The average molecular weight is 383 g/mol. The first-order valence-corrected chi connectivity index (χ1v) is 9.84. The summed E-state index contributed by atoms with van der Waals surface area (Å²) in [5, 5.41) is 0.191. The molecule has 1 aromatic rings. The molecule has 0 saturated carbocycles. The predicted octanol–water partition coefficient (Wildman–Crippen LogP) is 4.45. The van der Waals surface area contributed by atoms with Crippen molar-refractivity contribution in [2.75, 3.05) is 12.5 Å². The first kappa shape index (κ1) is 20.5. The second-order valence-electron chi connectivity index (χ2n) is 6.05. The molecule has 1 aromatic carbocycles. The van der Waals surface area contributed by atoms with Crippen LogP contribution in [-0.2, 0) is 33.7 Å². The van der Waals surface area contributed by atoms with Crippen molar-refractivity contribution in [3.63, 3.8) is 0 Å². The quantitative estimate of drug-likeness (QED) is 0.442. The number of hydrogen-bond donors (Lipinski definition) is 0. The zero-order valence-electron chi connectivity index (χ0n) is 14.1. The van der Waals surface area contributed by atoms with Crippen LogP contribution in [0.5, 0.6) is 11.5 Å². The van der Waals surface area contributed by atoms with Gasteiger partial charge in [0, 0.05) is 38.3 Å². The van der Waals surface area contributed by atoms with Crippen LogP contribution in [0, 0.1) is 0 Å². The van der Waals surface area contributed by atoms with Gasteiger partial charge in [-0.05, 0) is 30.5 Å². The van der Waals surface area contributed by atoms with Gasteiger partial charge in [-0.2, -0.15) is 0 Å². The monoisotopic (exact) mass is 382 g/mol. The Labute approximate surface area is 152 Å². The number of unbranched alkanes of at least 4 members (excludes halogenated alkanes) is 5. The fraction of sp³-hybridized carbons (Fsp3) is 0.667. The molecular weight excluding hydrogens is 355 g/mol. The van der Waals surface area contributed by atoms with Crippen molar-refractivity contribution in [2.45, 2.75) is 64.0 Å². The maximum absolute atomic E-state index is 12.3. The molecule has 5 heteroatoms. The van der Waals surface area contributed by atoms with Crippen LogP contribution in [0.1, 0.15) is 57.9 Å². The van der Waals surface area contributed by atoms with E-state index >= 15 is 0 Å². The molecule has 1 aliphatic heterocycles. The van der Waals surface area contributed by atoms with Gasteiger partial charge < -0.3 is 9.47 Å². The maximum Gasteiger partial charge on any atom is 0.231 e. The first-order chi connectivity index (χ1) is 10.7. The van der Waals surface area contributed by atoms with Gasteiger partial charge in [0.25, 0.3) is 0 Å². The van der Waals surface area contributed by atoms with Crippen molar-refractivity contribution < 1.29 is 30.2 Å². The van der Waals surface area contributed by atoms with Gasteiger partial charge in [-0.15, -0.1) is 0 Å². The minimum atomic E-state index is -0.743. The van der Waals surface area contributed by atoms with Crippen LogP contribution in [0.3, 0.4) is 0 Å². The molecule has 0 N–H and O–H groups in total. The molecule has 23 heavy (non-hydrogen) atoms. The van der Waals surface area contributed by atoms with Crippen LogP contribution in [0.2, 0.25) is 0 Å². The summed E-state index contributed by atoms with van der Waals surface area (Å²) in [5.41, 5.74) is 1.17. The Balaban J connectivity index is 0.00000264. The van der Waals surface area contributed by atoms with E-state index < -0.39 is 10.8 Å². The molecule has 0 bridgehead atoms. The topological polar surface area (TPSA) is 35.5 Å². The third-order valence-corrected chi connectivity index (χ3v) is 5.86. The van der Waals surface area contributed by atoms with E-state index in [1.807, 2.05) is 18.2 Å². The normalized spacial score (nSPS) is 15.0. The molecule has 0 spiro atoms. The van der Waals surface area contributed by atoms with Crippen molar-refractivity contribution in [1.82, 2.24) is 0 Å². The summed E-state index contributed by atoms with van der Waals surface area (Å²) in [5.74, 6) is 2.45.